The van der Waals surface area contributed by atoms with Gasteiger partial charge in [-0.25, -0.2) is 9.97 Å². The zero-order valence-corrected chi connectivity index (χ0v) is 14.6. The van der Waals surface area contributed by atoms with Gasteiger partial charge in [-0.2, -0.15) is 0 Å². The van der Waals surface area contributed by atoms with E-state index >= 15 is 0 Å². The van der Waals surface area contributed by atoms with E-state index < -0.39 is 6.10 Å². The molecule has 3 rings (SSSR count). The van der Waals surface area contributed by atoms with Crippen LogP contribution in [0.4, 0.5) is 0 Å². The molecule has 0 unspecified atom stereocenters. The average molecular weight is 335 g/mol. The molecule has 5 nitrogen and oxygen atoms in total. The van der Waals surface area contributed by atoms with E-state index in [2.05, 4.69) is 15.3 Å². The first kappa shape index (κ1) is 16.9. The summed E-state index contributed by atoms with van der Waals surface area (Å²) in [6, 6.07) is 15.7. The molecule has 0 saturated heterocycles. The SMILES string of the molecule is Cc1cc(C)nc(CNC(=O)[C@H](C)Oc2ccc3ccccc3c2)n1. The second-order valence-corrected chi connectivity index (χ2v) is 6.05. The van der Waals surface area contributed by atoms with Gasteiger partial charge in [-0.05, 0) is 49.7 Å². The lowest BCUT2D eigenvalue weighted by Crippen LogP contribution is -2.36. The third-order valence-corrected chi connectivity index (χ3v) is 3.85. The van der Waals surface area contributed by atoms with Crippen molar-refractivity contribution in [2.75, 3.05) is 0 Å². The Labute approximate surface area is 147 Å². The van der Waals surface area contributed by atoms with Gasteiger partial charge in [-0.1, -0.05) is 30.3 Å². The van der Waals surface area contributed by atoms with Gasteiger partial charge < -0.3 is 10.1 Å². The van der Waals surface area contributed by atoms with Crippen molar-refractivity contribution in [3.8, 4) is 5.75 Å². The largest absolute Gasteiger partial charge is 0.481 e. The van der Waals surface area contributed by atoms with Gasteiger partial charge in [0.05, 0.1) is 6.54 Å². The van der Waals surface area contributed by atoms with Crippen LogP contribution in [0, 0.1) is 13.8 Å². The molecule has 1 heterocycles. The maximum atomic E-state index is 12.3. The molecule has 0 aliphatic heterocycles. The Morgan fingerprint density at radius 3 is 2.44 bits per heavy atom. The van der Waals surface area contributed by atoms with Crippen molar-refractivity contribution in [1.29, 1.82) is 0 Å². The maximum Gasteiger partial charge on any atom is 0.261 e. The van der Waals surface area contributed by atoms with E-state index in [9.17, 15) is 4.79 Å². The molecule has 0 spiro atoms. The molecule has 1 atom stereocenters. The van der Waals surface area contributed by atoms with E-state index in [-0.39, 0.29) is 12.5 Å². The number of nitrogens with zero attached hydrogens (tertiary/aromatic N) is 2. The first-order valence-corrected chi connectivity index (χ1v) is 8.25. The van der Waals surface area contributed by atoms with Gasteiger partial charge in [-0.15, -0.1) is 0 Å². The predicted molar refractivity (Wildman–Crippen MR) is 97.4 cm³/mol. The van der Waals surface area contributed by atoms with Crippen molar-refractivity contribution in [2.45, 2.75) is 33.4 Å². The average Bonchev–Trinajstić information content (AvgIpc) is 2.58. The molecule has 25 heavy (non-hydrogen) atoms. The van der Waals surface area contributed by atoms with Crippen LogP contribution in [0.25, 0.3) is 10.8 Å². The summed E-state index contributed by atoms with van der Waals surface area (Å²) in [7, 11) is 0. The fraction of sp³-hybridized carbons (Fsp3) is 0.250. The number of rotatable bonds is 5. The monoisotopic (exact) mass is 335 g/mol. The number of hydrogen-bond acceptors (Lipinski definition) is 4. The van der Waals surface area contributed by atoms with Crippen molar-refractivity contribution in [3.63, 3.8) is 0 Å². The summed E-state index contributed by atoms with van der Waals surface area (Å²) >= 11 is 0. The van der Waals surface area contributed by atoms with Gasteiger partial charge in [-0.3, -0.25) is 4.79 Å². The number of aryl methyl sites for hydroxylation is 2. The highest BCUT2D eigenvalue weighted by Crippen LogP contribution is 2.21. The van der Waals surface area contributed by atoms with E-state index in [0.717, 1.165) is 22.2 Å². The number of nitrogens with one attached hydrogen (secondary N) is 1. The molecule has 128 valence electrons. The highest BCUT2D eigenvalue weighted by atomic mass is 16.5. The molecule has 0 saturated carbocycles. The molecule has 5 heteroatoms. The van der Waals surface area contributed by atoms with Crippen LogP contribution in [0.1, 0.15) is 24.1 Å². The summed E-state index contributed by atoms with van der Waals surface area (Å²) in [5.41, 5.74) is 1.77. The minimum atomic E-state index is -0.605. The zero-order valence-electron chi connectivity index (χ0n) is 14.6. The molecule has 1 aromatic heterocycles. The van der Waals surface area contributed by atoms with Crippen molar-refractivity contribution in [2.24, 2.45) is 0 Å². The highest BCUT2D eigenvalue weighted by molar-refractivity contribution is 5.84. The van der Waals surface area contributed by atoms with Crippen LogP contribution in [-0.2, 0) is 11.3 Å². The summed E-state index contributed by atoms with van der Waals surface area (Å²) in [5.74, 6) is 1.07. The second-order valence-electron chi connectivity index (χ2n) is 6.05. The van der Waals surface area contributed by atoms with Crippen molar-refractivity contribution in [1.82, 2.24) is 15.3 Å². The zero-order chi connectivity index (χ0) is 17.8. The number of aromatic nitrogens is 2. The van der Waals surface area contributed by atoms with Crippen LogP contribution >= 0.6 is 0 Å². The topological polar surface area (TPSA) is 64.1 Å². The van der Waals surface area contributed by atoms with Gasteiger partial charge in [0.1, 0.15) is 11.6 Å². The third kappa shape index (κ3) is 4.32. The van der Waals surface area contributed by atoms with Gasteiger partial charge in [0.15, 0.2) is 6.10 Å². The van der Waals surface area contributed by atoms with Crippen LogP contribution in [-0.4, -0.2) is 22.0 Å². The number of carbonyl (C=O) groups excluding carboxylic acids is 1. The number of amides is 1. The highest BCUT2D eigenvalue weighted by Gasteiger charge is 2.15. The lowest BCUT2D eigenvalue weighted by Gasteiger charge is -2.15. The molecule has 2 aromatic carbocycles. The van der Waals surface area contributed by atoms with E-state index in [1.54, 1.807) is 6.92 Å². The Bertz CT molecular complexity index is 888. The molecule has 0 bridgehead atoms. The fourth-order valence-corrected chi connectivity index (χ4v) is 2.69. The Morgan fingerprint density at radius 1 is 1.04 bits per heavy atom. The van der Waals surface area contributed by atoms with Gasteiger partial charge in [0, 0.05) is 11.4 Å². The molecule has 0 aliphatic rings. The Morgan fingerprint density at radius 2 is 1.72 bits per heavy atom. The van der Waals surface area contributed by atoms with Crippen molar-refractivity contribution >= 4 is 16.7 Å². The van der Waals surface area contributed by atoms with Crippen LogP contribution in [0.15, 0.2) is 48.5 Å². The van der Waals surface area contributed by atoms with Crippen LogP contribution < -0.4 is 10.1 Å². The van der Waals surface area contributed by atoms with E-state index in [0.29, 0.717) is 11.6 Å². The molecule has 0 fully saturated rings. The minimum absolute atomic E-state index is 0.198. The normalized spacial score (nSPS) is 12.0. The number of fused-ring (bicyclic) bond motifs is 1. The summed E-state index contributed by atoms with van der Waals surface area (Å²) in [4.78, 5) is 20.9. The smallest absolute Gasteiger partial charge is 0.261 e. The minimum Gasteiger partial charge on any atom is -0.481 e. The maximum absolute atomic E-state index is 12.3. The number of hydrogen-bond donors (Lipinski definition) is 1. The van der Waals surface area contributed by atoms with Gasteiger partial charge in [0.2, 0.25) is 0 Å². The molecule has 3 aromatic rings. The molecule has 1 N–H and O–H groups in total. The summed E-state index contributed by atoms with van der Waals surface area (Å²) in [6.45, 7) is 5.83. The first-order chi connectivity index (χ1) is 12.0. The number of ether oxygens (including phenoxy) is 1. The summed E-state index contributed by atoms with van der Waals surface area (Å²) in [6.07, 6.45) is -0.605. The van der Waals surface area contributed by atoms with E-state index in [1.807, 2.05) is 62.4 Å². The predicted octanol–water partition coefficient (Wildman–Crippen LogP) is 3.33. The molecule has 0 aliphatic carbocycles. The Kier molecular flexibility index (Phi) is 4.93. The van der Waals surface area contributed by atoms with E-state index in [1.165, 1.54) is 0 Å². The Hall–Kier alpha value is -2.95. The van der Waals surface area contributed by atoms with Crippen LogP contribution in [0.3, 0.4) is 0 Å². The third-order valence-electron chi connectivity index (χ3n) is 3.85. The van der Waals surface area contributed by atoms with Crippen molar-refractivity contribution < 1.29 is 9.53 Å². The fourth-order valence-electron chi connectivity index (χ4n) is 2.69. The second kappa shape index (κ2) is 7.30. The quantitative estimate of drug-likeness (QED) is 0.777. The standard InChI is InChI=1S/C20H21N3O2/c1-13-10-14(2)23-19(22-13)12-21-20(24)15(3)25-18-9-8-16-6-4-5-7-17(16)11-18/h4-11,15H,12H2,1-3H3,(H,21,24)/t15-/m0/s1. The molecular formula is C20H21N3O2. The summed E-state index contributed by atoms with van der Waals surface area (Å²) in [5, 5.41) is 5.04. The number of carbonyl (C=O) groups is 1. The molecule has 1 amide bonds. The van der Waals surface area contributed by atoms with E-state index in [4.69, 9.17) is 4.74 Å². The lowest BCUT2D eigenvalue weighted by atomic mass is 10.1. The van der Waals surface area contributed by atoms with Crippen molar-refractivity contribution in [3.05, 3.63) is 65.7 Å². The van der Waals surface area contributed by atoms with Gasteiger partial charge in [0.25, 0.3) is 5.91 Å². The summed E-state index contributed by atoms with van der Waals surface area (Å²) < 4.78 is 5.77. The Balaban J connectivity index is 1.61. The van der Waals surface area contributed by atoms with Crippen LogP contribution in [0.2, 0.25) is 0 Å². The van der Waals surface area contributed by atoms with Crippen LogP contribution in [0.5, 0.6) is 5.75 Å². The van der Waals surface area contributed by atoms with Gasteiger partial charge >= 0.3 is 0 Å². The first-order valence-electron chi connectivity index (χ1n) is 8.25. The lowest BCUT2D eigenvalue weighted by molar-refractivity contribution is -0.127. The number of benzene rings is 2. The molecular weight excluding hydrogens is 314 g/mol. The molecule has 0 radical (unpaired) electrons.